The summed E-state index contributed by atoms with van der Waals surface area (Å²) in [6.07, 6.45) is 6.86. The molecule has 2 rings (SSSR count). The van der Waals surface area contributed by atoms with E-state index < -0.39 is 0 Å². The molecule has 2 aliphatic rings. The van der Waals surface area contributed by atoms with Crippen molar-refractivity contribution in [3.8, 4) is 0 Å². The van der Waals surface area contributed by atoms with Crippen molar-refractivity contribution in [2.24, 2.45) is 11.3 Å². The van der Waals surface area contributed by atoms with Crippen LogP contribution >= 0.6 is 0 Å². The van der Waals surface area contributed by atoms with Crippen LogP contribution in [0.15, 0.2) is 0 Å². The van der Waals surface area contributed by atoms with E-state index in [-0.39, 0.29) is 0 Å². The highest BCUT2D eigenvalue weighted by atomic mass is 16.5. The van der Waals surface area contributed by atoms with Crippen molar-refractivity contribution in [2.45, 2.75) is 52.0 Å². The van der Waals surface area contributed by atoms with E-state index >= 15 is 0 Å². The molecule has 1 unspecified atom stereocenters. The molecule has 1 heterocycles. The molecule has 19 heavy (non-hydrogen) atoms. The summed E-state index contributed by atoms with van der Waals surface area (Å²) in [6.45, 7) is 10.4. The third-order valence-electron chi connectivity index (χ3n) is 5.42. The van der Waals surface area contributed by atoms with E-state index in [2.05, 4.69) is 24.1 Å². The first-order valence-corrected chi connectivity index (χ1v) is 8.14. The SMILES string of the molecule is CCC1(CN(CCOC)C(C)C2CC2)CCNCC1. The average molecular weight is 268 g/mol. The smallest absolute Gasteiger partial charge is 0.0589 e. The van der Waals surface area contributed by atoms with Crippen LogP contribution < -0.4 is 5.32 Å². The van der Waals surface area contributed by atoms with Crippen molar-refractivity contribution in [1.29, 1.82) is 0 Å². The minimum atomic E-state index is 0.544. The third-order valence-corrected chi connectivity index (χ3v) is 5.42. The zero-order valence-electron chi connectivity index (χ0n) is 13.1. The maximum atomic E-state index is 5.32. The number of hydrogen-bond acceptors (Lipinski definition) is 3. The van der Waals surface area contributed by atoms with Crippen LogP contribution in [0.25, 0.3) is 0 Å². The van der Waals surface area contributed by atoms with Crippen molar-refractivity contribution in [3.63, 3.8) is 0 Å². The van der Waals surface area contributed by atoms with E-state index in [0.29, 0.717) is 5.41 Å². The van der Waals surface area contributed by atoms with Crippen molar-refractivity contribution in [2.75, 3.05) is 39.9 Å². The first kappa shape index (κ1) is 15.3. The molecule has 0 aromatic rings. The fourth-order valence-electron chi connectivity index (χ4n) is 3.52. The number of nitrogens with one attached hydrogen (secondary N) is 1. The molecule has 112 valence electrons. The Morgan fingerprint density at radius 2 is 2.00 bits per heavy atom. The van der Waals surface area contributed by atoms with Gasteiger partial charge in [-0.15, -0.1) is 0 Å². The Bertz CT molecular complexity index is 259. The maximum Gasteiger partial charge on any atom is 0.0589 e. The Labute approximate surface area is 119 Å². The highest BCUT2D eigenvalue weighted by Gasteiger charge is 2.37. The topological polar surface area (TPSA) is 24.5 Å². The van der Waals surface area contributed by atoms with Gasteiger partial charge in [0.25, 0.3) is 0 Å². The van der Waals surface area contributed by atoms with E-state index in [9.17, 15) is 0 Å². The van der Waals surface area contributed by atoms with E-state index in [1.807, 2.05) is 7.11 Å². The molecule has 0 bridgehead atoms. The Kier molecular flexibility index (Phi) is 5.67. The molecule has 0 amide bonds. The molecular formula is C16H32N2O. The Morgan fingerprint density at radius 3 is 2.53 bits per heavy atom. The number of ether oxygens (including phenoxy) is 1. The quantitative estimate of drug-likeness (QED) is 0.732. The summed E-state index contributed by atoms with van der Waals surface area (Å²) in [5.74, 6) is 0.951. The second kappa shape index (κ2) is 7.05. The number of rotatable bonds is 8. The Morgan fingerprint density at radius 1 is 1.32 bits per heavy atom. The maximum absolute atomic E-state index is 5.32. The van der Waals surface area contributed by atoms with Crippen LogP contribution in [0.2, 0.25) is 0 Å². The van der Waals surface area contributed by atoms with Crippen LogP contribution in [0.3, 0.4) is 0 Å². The lowest BCUT2D eigenvalue weighted by atomic mass is 9.76. The summed E-state index contributed by atoms with van der Waals surface area (Å²) < 4.78 is 5.32. The van der Waals surface area contributed by atoms with Crippen molar-refractivity contribution in [1.82, 2.24) is 10.2 Å². The minimum Gasteiger partial charge on any atom is -0.383 e. The highest BCUT2D eigenvalue weighted by Crippen LogP contribution is 2.39. The minimum absolute atomic E-state index is 0.544. The number of methoxy groups -OCH3 is 1. The lowest BCUT2D eigenvalue weighted by Gasteiger charge is -2.43. The third kappa shape index (κ3) is 4.17. The van der Waals surface area contributed by atoms with E-state index in [1.165, 1.54) is 51.7 Å². The van der Waals surface area contributed by atoms with E-state index in [1.54, 1.807) is 0 Å². The van der Waals surface area contributed by atoms with Gasteiger partial charge >= 0.3 is 0 Å². The molecule has 2 fully saturated rings. The fourth-order valence-corrected chi connectivity index (χ4v) is 3.52. The van der Waals surface area contributed by atoms with E-state index in [0.717, 1.165) is 25.1 Å². The van der Waals surface area contributed by atoms with Crippen molar-refractivity contribution < 1.29 is 4.74 Å². The molecule has 1 aliphatic carbocycles. The molecule has 1 saturated heterocycles. The van der Waals surface area contributed by atoms with Gasteiger partial charge in [-0.2, -0.15) is 0 Å². The van der Waals surface area contributed by atoms with Gasteiger partial charge in [0.1, 0.15) is 0 Å². The summed E-state index contributed by atoms with van der Waals surface area (Å²) in [5.41, 5.74) is 0.544. The van der Waals surface area contributed by atoms with Gasteiger partial charge in [-0.3, -0.25) is 4.90 Å². The summed E-state index contributed by atoms with van der Waals surface area (Å²) in [5, 5.41) is 3.51. The van der Waals surface area contributed by atoms with Gasteiger partial charge in [-0.05, 0) is 63.5 Å². The standard InChI is InChI=1S/C16H32N2O/c1-4-16(7-9-17-10-8-16)13-18(11-12-19-3)14(2)15-5-6-15/h14-15,17H,4-13H2,1-3H3. The van der Waals surface area contributed by atoms with Gasteiger partial charge in [-0.1, -0.05) is 6.92 Å². The van der Waals surface area contributed by atoms with Crippen LogP contribution in [-0.2, 0) is 4.74 Å². The summed E-state index contributed by atoms with van der Waals surface area (Å²) >= 11 is 0. The number of hydrogen-bond donors (Lipinski definition) is 1. The molecule has 0 radical (unpaired) electrons. The number of nitrogens with zero attached hydrogens (tertiary/aromatic N) is 1. The lowest BCUT2D eigenvalue weighted by molar-refractivity contribution is 0.0528. The molecule has 1 saturated carbocycles. The molecule has 3 heteroatoms. The molecular weight excluding hydrogens is 236 g/mol. The van der Waals surface area contributed by atoms with Gasteiger partial charge < -0.3 is 10.1 Å². The second-order valence-corrected chi connectivity index (χ2v) is 6.64. The van der Waals surface area contributed by atoms with Gasteiger partial charge in [0.15, 0.2) is 0 Å². The number of piperidine rings is 1. The molecule has 3 nitrogen and oxygen atoms in total. The molecule has 0 spiro atoms. The van der Waals surface area contributed by atoms with Gasteiger partial charge in [-0.25, -0.2) is 0 Å². The zero-order chi connectivity index (χ0) is 13.7. The fraction of sp³-hybridized carbons (Fsp3) is 1.00. The monoisotopic (exact) mass is 268 g/mol. The average Bonchev–Trinajstić information content (AvgIpc) is 3.28. The molecule has 0 aromatic heterocycles. The first-order valence-electron chi connectivity index (χ1n) is 8.14. The first-order chi connectivity index (χ1) is 9.21. The summed E-state index contributed by atoms with van der Waals surface area (Å²) in [7, 11) is 1.82. The predicted molar refractivity (Wildman–Crippen MR) is 80.5 cm³/mol. The van der Waals surface area contributed by atoms with E-state index in [4.69, 9.17) is 4.74 Å². The zero-order valence-corrected chi connectivity index (χ0v) is 13.1. The van der Waals surface area contributed by atoms with Crippen LogP contribution in [0.5, 0.6) is 0 Å². The van der Waals surface area contributed by atoms with Crippen molar-refractivity contribution >= 4 is 0 Å². The van der Waals surface area contributed by atoms with Crippen LogP contribution in [0.4, 0.5) is 0 Å². The van der Waals surface area contributed by atoms with Crippen LogP contribution in [0.1, 0.15) is 46.0 Å². The second-order valence-electron chi connectivity index (χ2n) is 6.64. The Balaban J connectivity index is 1.95. The summed E-state index contributed by atoms with van der Waals surface area (Å²) in [6, 6.07) is 0.744. The predicted octanol–water partition coefficient (Wildman–Crippen LogP) is 2.51. The van der Waals surface area contributed by atoms with Gasteiger partial charge in [0.2, 0.25) is 0 Å². The van der Waals surface area contributed by atoms with Gasteiger partial charge in [0.05, 0.1) is 6.61 Å². The summed E-state index contributed by atoms with van der Waals surface area (Å²) in [4.78, 5) is 2.72. The molecule has 1 N–H and O–H groups in total. The van der Waals surface area contributed by atoms with Crippen molar-refractivity contribution in [3.05, 3.63) is 0 Å². The highest BCUT2D eigenvalue weighted by molar-refractivity contribution is 4.91. The van der Waals surface area contributed by atoms with Crippen LogP contribution in [0, 0.1) is 11.3 Å². The molecule has 1 aliphatic heterocycles. The largest absolute Gasteiger partial charge is 0.383 e. The van der Waals surface area contributed by atoms with Crippen LogP contribution in [-0.4, -0.2) is 50.8 Å². The molecule has 0 aromatic carbocycles. The molecule has 1 atom stereocenters. The Hall–Kier alpha value is -0.120. The van der Waals surface area contributed by atoms with Gasteiger partial charge in [0, 0.05) is 26.2 Å². The lowest BCUT2D eigenvalue weighted by Crippen LogP contribution is -2.48. The normalized spacial score (nSPS) is 24.6.